The number of hydrogen-bond acceptors (Lipinski definition) is 8. The van der Waals surface area contributed by atoms with E-state index in [0.29, 0.717) is 16.5 Å². The second-order valence-corrected chi connectivity index (χ2v) is 11.8. The van der Waals surface area contributed by atoms with Gasteiger partial charge >= 0.3 is 0 Å². The molecule has 3 aromatic heterocycles. The highest BCUT2D eigenvalue weighted by Crippen LogP contribution is 2.38. The van der Waals surface area contributed by atoms with E-state index in [4.69, 9.17) is 15.7 Å². The molecular weight excluding hydrogens is 534 g/mol. The summed E-state index contributed by atoms with van der Waals surface area (Å²) in [5, 5.41) is 14.1. The molecule has 0 unspecified atom stereocenters. The van der Waals surface area contributed by atoms with Crippen LogP contribution in [-0.4, -0.2) is 43.0 Å². The molecule has 208 valence electrons. The average Bonchev–Trinajstić information content (AvgIpc) is 3.61. The summed E-state index contributed by atoms with van der Waals surface area (Å²) < 4.78 is 2.04. The number of nitrogens with one attached hydrogen (secondary N) is 1. The Bertz CT molecular complexity index is 1680. The Balaban J connectivity index is 1.24. The molecule has 5 aromatic rings. The van der Waals surface area contributed by atoms with Crippen LogP contribution in [0.25, 0.3) is 16.8 Å². The van der Waals surface area contributed by atoms with Gasteiger partial charge in [-0.2, -0.15) is 0 Å². The minimum Gasteiger partial charge on any atom is -0.393 e. The molecule has 41 heavy (non-hydrogen) atoms. The van der Waals surface area contributed by atoms with E-state index in [9.17, 15) is 9.90 Å². The average molecular weight is 566 g/mol. The highest BCUT2D eigenvalue weighted by atomic mass is 32.1. The van der Waals surface area contributed by atoms with Crippen LogP contribution in [0.5, 0.6) is 0 Å². The van der Waals surface area contributed by atoms with Crippen molar-refractivity contribution in [2.45, 2.75) is 50.7 Å². The van der Waals surface area contributed by atoms with Gasteiger partial charge in [-0.3, -0.25) is 14.1 Å². The standard InChI is InChI=1S/C31H31N7O2S/c32-28-27-26(36-29(37(27)17-16-34-28)20-10-12-23(39)13-11-20)19-6-8-21(9-7-19)30(40)38(22-4-2-1-3-5-22)31-35-24-14-15-33-18-25(24)41-31/h1-9,16-17,20,23,33,39H,10-15,18H2,(H2,32,34)/t20-,23-. The number of para-hydroxylation sites is 1. The summed E-state index contributed by atoms with van der Waals surface area (Å²) in [6, 6.07) is 17.2. The molecule has 4 N–H and O–H groups in total. The second-order valence-electron chi connectivity index (χ2n) is 10.7. The number of amides is 1. The van der Waals surface area contributed by atoms with Gasteiger partial charge in [0.05, 0.1) is 17.5 Å². The van der Waals surface area contributed by atoms with Crippen molar-refractivity contribution in [1.29, 1.82) is 0 Å². The lowest BCUT2D eigenvalue weighted by Crippen LogP contribution is -2.26. The maximum absolute atomic E-state index is 14.0. The summed E-state index contributed by atoms with van der Waals surface area (Å²) in [5.41, 5.74) is 11.1. The Kier molecular flexibility index (Phi) is 6.74. The molecule has 0 atom stereocenters. The van der Waals surface area contributed by atoms with Crippen LogP contribution < -0.4 is 16.0 Å². The molecule has 0 radical (unpaired) electrons. The highest BCUT2D eigenvalue weighted by molar-refractivity contribution is 7.16. The third kappa shape index (κ3) is 4.77. The molecule has 1 fully saturated rings. The van der Waals surface area contributed by atoms with Crippen LogP contribution in [0.2, 0.25) is 0 Å². The Morgan fingerprint density at radius 3 is 2.59 bits per heavy atom. The number of nitrogens with zero attached hydrogens (tertiary/aromatic N) is 5. The normalized spacial score (nSPS) is 18.8. The lowest BCUT2D eigenvalue weighted by atomic mass is 9.87. The number of anilines is 3. The largest absolute Gasteiger partial charge is 0.393 e. The number of thiazole rings is 1. The summed E-state index contributed by atoms with van der Waals surface area (Å²) in [6.07, 6.45) is 7.50. The SMILES string of the molecule is Nc1nccn2c1c(-c1ccc(C(=O)N(c3ccccc3)c3nc4c(s3)CNCC4)cc1)nc2[C@H]1CC[C@H](O)CC1. The first-order valence-electron chi connectivity index (χ1n) is 14.1. The third-order valence-corrected chi connectivity index (χ3v) is 9.16. The zero-order valence-corrected chi connectivity index (χ0v) is 23.3. The van der Waals surface area contributed by atoms with E-state index in [2.05, 4.69) is 10.3 Å². The number of nitrogens with two attached hydrogens (primary N) is 1. The van der Waals surface area contributed by atoms with Gasteiger partial charge in [0.2, 0.25) is 0 Å². The fourth-order valence-corrected chi connectivity index (χ4v) is 7.00. The number of rotatable bonds is 5. The van der Waals surface area contributed by atoms with Gasteiger partial charge in [0, 0.05) is 53.8 Å². The Hall–Kier alpha value is -4.12. The molecule has 0 spiro atoms. The van der Waals surface area contributed by atoms with Crippen molar-refractivity contribution >= 4 is 39.4 Å². The third-order valence-electron chi connectivity index (χ3n) is 8.08. The molecular formula is C31H31N7O2S. The van der Waals surface area contributed by atoms with Gasteiger partial charge < -0.3 is 16.2 Å². The number of fused-ring (bicyclic) bond motifs is 2. The van der Waals surface area contributed by atoms with Crippen molar-refractivity contribution in [3.05, 3.63) is 88.9 Å². The van der Waals surface area contributed by atoms with Gasteiger partial charge in [-0.15, -0.1) is 0 Å². The Morgan fingerprint density at radius 2 is 1.83 bits per heavy atom. The van der Waals surface area contributed by atoms with Crippen molar-refractivity contribution in [3.63, 3.8) is 0 Å². The highest BCUT2D eigenvalue weighted by Gasteiger charge is 2.28. The molecule has 0 saturated heterocycles. The van der Waals surface area contributed by atoms with Gasteiger partial charge in [-0.1, -0.05) is 41.7 Å². The summed E-state index contributed by atoms with van der Waals surface area (Å²) >= 11 is 1.56. The molecule has 2 aromatic carbocycles. The number of benzene rings is 2. The van der Waals surface area contributed by atoms with E-state index in [1.54, 1.807) is 22.4 Å². The molecule has 10 heteroatoms. The van der Waals surface area contributed by atoms with E-state index in [-0.39, 0.29) is 17.9 Å². The van der Waals surface area contributed by atoms with E-state index >= 15 is 0 Å². The lowest BCUT2D eigenvalue weighted by molar-refractivity contribution is 0.0999. The first-order chi connectivity index (χ1) is 20.1. The van der Waals surface area contributed by atoms with Gasteiger partial charge in [0.15, 0.2) is 5.13 Å². The van der Waals surface area contributed by atoms with Gasteiger partial charge in [0.25, 0.3) is 5.91 Å². The first kappa shape index (κ1) is 25.8. The molecule has 9 nitrogen and oxygen atoms in total. The van der Waals surface area contributed by atoms with E-state index in [1.807, 2.05) is 65.2 Å². The van der Waals surface area contributed by atoms with Crippen molar-refractivity contribution in [2.24, 2.45) is 0 Å². The number of carbonyl (C=O) groups is 1. The number of imidazole rings is 1. The van der Waals surface area contributed by atoms with Crippen LogP contribution in [0.3, 0.4) is 0 Å². The molecule has 1 aliphatic carbocycles. The second kappa shape index (κ2) is 10.7. The quantitative estimate of drug-likeness (QED) is 0.272. The maximum Gasteiger partial charge on any atom is 0.264 e. The monoisotopic (exact) mass is 565 g/mol. The summed E-state index contributed by atoms with van der Waals surface area (Å²) in [5.74, 6) is 1.45. The van der Waals surface area contributed by atoms with Crippen LogP contribution in [0.15, 0.2) is 67.0 Å². The molecule has 7 rings (SSSR count). The van der Waals surface area contributed by atoms with Crippen molar-refractivity contribution < 1.29 is 9.90 Å². The number of aliphatic hydroxyl groups is 1. The van der Waals surface area contributed by atoms with Gasteiger partial charge in [-0.25, -0.2) is 15.0 Å². The van der Waals surface area contributed by atoms with Crippen LogP contribution >= 0.6 is 11.3 Å². The fraction of sp³-hybridized carbons (Fsp3) is 0.290. The lowest BCUT2D eigenvalue weighted by Gasteiger charge is -2.24. The van der Waals surface area contributed by atoms with Crippen molar-refractivity contribution in [3.8, 4) is 11.3 Å². The van der Waals surface area contributed by atoms with Crippen LogP contribution in [0.1, 0.15) is 58.4 Å². The summed E-state index contributed by atoms with van der Waals surface area (Å²) in [6.45, 7) is 1.67. The number of carbonyl (C=O) groups excluding carboxylic acids is 1. The summed E-state index contributed by atoms with van der Waals surface area (Å²) in [4.78, 5) is 31.2. The minimum atomic E-state index is -0.240. The fourth-order valence-electron chi connectivity index (χ4n) is 5.91. The maximum atomic E-state index is 14.0. The topological polar surface area (TPSA) is 122 Å². The molecule has 1 aliphatic heterocycles. The minimum absolute atomic E-state index is 0.140. The predicted molar refractivity (Wildman–Crippen MR) is 160 cm³/mol. The number of aliphatic hydroxyl groups excluding tert-OH is 1. The van der Waals surface area contributed by atoms with Crippen molar-refractivity contribution in [1.82, 2.24) is 24.7 Å². The van der Waals surface area contributed by atoms with Crippen LogP contribution in [0, 0.1) is 0 Å². The number of hydrogen-bond donors (Lipinski definition) is 3. The smallest absolute Gasteiger partial charge is 0.264 e. The summed E-state index contributed by atoms with van der Waals surface area (Å²) in [7, 11) is 0. The zero-order valence-electron chi connectivity index (χ0n) is 22.5. The van der Waals surface area contributed by atoms with Crippen LogP contribution in [0.4, 0.5) is 16.6 Å². The molecule has 1 saturated carbocycles. The van der Waals surface area contributed by atoms with Gasteiger partial charge in [-0.05, 0) is 49.9 Å². The molecule has 0 bridgehead atoms. The number of nitrogen functional groups attached to an aromatic ring is 1. The predicted octanol–water partition coefficient (Wildman–Crippen LogP) is 5.08. The zero-order chi connectivity index (χ0) is 27.9. The van der Waals surface area contributed by atoms with E-state index in [0.717, 1.165) is 79.2 Å². The Morgan fingerprint density at radius 1 is 1.05 bits per heavy atom. The van der Waals surface area contributed by atoms with Gasteiger partial charge in [0.1, 0.15) is 22.9 Å². The molecule has 1 amide bonds. The van der Waals surface area contributed by atoms with E-state index in [1.165, 1.54) is 4.88 Å². The Labute approximate surface area is 241 Å². The number of aromatic nitrogens is 4. The molecule has 4 heterocycles. The van der Waals surface area contributed by atoms with Crippen LogP contribution in [-0.2, 0) is 13.0 Å². The molecule has 2 aliphatic rings. The first-order valence-corrected chi connectivity index (χ1v) is 14.9. The van der Waals surface area contributed by atoms with Crippen molar-refractivity contribution in [2.75, 3.05) is 17.2 Å². The van der Waals surface area contributed by atoms with E-state index < -0.39 is 0 Å².